The molecule has 1 atom stereocenters. The molecule has 0 saturated carbocycles. The molecule has 0 fully saturated rings. The van der Waals surface area contributed by atoms with E-state index in [1.165, 1.54) is 36.8 Å². The van der Waals surface area contributed by atoms with E-state index in [1.54, 1.807) is 0 Å². The van der Waals surface area contributed by atoms with Crippen LogP contribution in [-0.4, -0.2) is 0 Å². The Morgan fingerprint density at radius 3 is 2.95 bits per heavy atom. The van der Waals surface area contributed by atoms with E-state index in [0.29, 0.717) is 5.92 Å². The summed E-state index contributed by atoms with van der Waals surface area (Å²) in [5.74, 6) is 0.379. The first-order valence-electron chi connectivity index (χ1n) is 6.64. The van der Waals surface area contributed by atoms with Gasteiger partial charge in [-0.3, -0.25) is 0 Å². The van der Waals surface area contributed by atoms with Crippen molar-refractivity contribution in [2.24, 2.45) is 0 Å². The monoisotopic (exact) mass is 293 g/mol. The molecular formula is C17H11NS2. The highest BCUT2D eigenvalue weighted by molar-refractivity contribution is 7.17. The number of fused-ring (bicyclic) bond motifs is 5. The van der Waals surface area contributed by atoms with Crippen molar-refractivity contribution in [3.63, 3.8) is 0 Å². The average Bonchev–Trinajstić information content (AvgIpc) is 3.03. The van der Waals surface area contributed by atoms with E-state index in [1.807, 2.05) is 22.7 Å². The van der Waals surface area contributed by atoms with Crippen LogP contribution >= 0.6 is 22.7 Å². The van der Waals surface area contributed by atoms with E-state index in [4.69, 9.17) is 0 Å². The largest absolute Gasteiger partial charge is 0.355 e. The molecule has 1 aromatic carbocycles. The number of nitrogens with one attached hydrogen (secondary N) is 1. The zero-order chi connectivity index (χ0) is 13.1. The molecule has 3 aromatic rings. The van der Waals surface area contributed by atoms with Gasteiger partial charge in [-0.25, -0.2) is 0 Å². The molecule has 1 aliphatic heterocycles. The van der Waals surface area contributed by atoms with Crippen molar-refractivity contribution >= 4 is 50.6 Å². The Morgan fingerprint density at radius 2 is 1.95 bits per heavy atom. The second kappa shape index (κ2) is 3.84. The van der Waals surface area contributed by atoms with Crippen LogP contribution in [0.1, 0.15) is 11.5 Å². The molecule has 0 radical (unpaired) electrons. The van der Waals surface area contributed by atoms with Crippen LogP contribution in [0.5, 0.6) is 0 Å². The van der Waals surface area contributed by atoms with Crippen LogP contribution in [0, 0.1) is 0 Å². The van der Waals surface area contributed by atoms with Gasteiger partial charge in [0.25, 0.3) is 0 Å². The summed E-state index contributed by atoms with van der Waals surface area (Å²) in [6, 6.07) is 9.01. The molecule has 5 rings (SSSR count). The lowest BCUT2D eigenvalue weighted by molar-refractivity contribution is 1.11. The van der Waals surface area contributed by atoms with Crippen LogP contribution in [0.15, 0.2) is 46.8 Å². The van der Waals surface area contributed by atoms with Crippen molar-refractivity contribution in [3.05, 3.63) is 62.1 Å². The summed E-state index contributed by atoms with van der Waals surface area (Å²) in [7, 11) is 0. The SMILES string of the molecule is C1=C2C=c3ccsc3=CC1c1cc3sccc3cc1N2. The predicted octanol–water partition coefficient (Wildman–Crippen LogP) is 3.63. The molecule has 3 heterocycles. The third kappa shape index (κ3) is 1.48. The molecule has 1 aliphatic carbocycles. The highest BCUT2D eigenvalue weighted by atomic mass is 32.1. The summed E-state index contributed by atoms with van der Waals surface area (Å²) < 4.78 is 2.75. The normalized spacial score (nSPS) is 19.0. The van der Waals surface area contributed by atoms with Crippen molar-refractivity contribution in [1.29, 1.82) is 0 Å². The van der Waals surface area contributed by atoms with Crippen molar-refractivity contribution in [2.45, 2.75) is 5.92 Å². The minimum Gasteiger partial charge on any atom is -0.355 e. The van der Waals surface area contributed by atoms with E-state index in [0.717, 1.165) is 0 Å². The number of rotatable bonds is 0. The molecule has 1 nitrogen and oxygen atoms in total. The quantitative estimate of drug-likeness (QED) is 0.667. The lowest BCUT2D eigenvalue weighted by Crippen LogP contribution is -2.17. The first kappa shape index (κ1) is 10.9. The third-order valence-electron chi connectivity index (χ3n) is 3.99. The maximum absolute atomic E-state index is 3.58. The molecule has 2 aliphatic rings. The average molecular weight is 293 g/mol. The van der Waals surface area contributed by atoms with E-state index in [9.17, 15) is 0 Å². The van der Waals surface area contributed by atoms with Gasteiger partial charge in [-0.1, -0.05) is 6.08 Å². The Kier molecular flexibility index (Phi) is 2.09. The van der Waals surface area contributed by atoms with Crippen LogP contribution in [0.25, 0.3) is 22.2 Å². The first-order chi connectivity index (χ1) is 9.87. The van der Waals surface area contributed by atoms with Gasteiger partial charge in [-0.15, -0.1) is 22.7 Å². The van der Waals surface area contributed by atoms with Crippen LogP contribution < -0.4 is 15.1 Å². The number of benzene rings is 1. The molecule has 1 unspecified atom stereocenters. The molecule has 20 heavy (non-hydrogen) atoms. The van der Waals surface area contributed by atoms with Gasteiger partial charge in [-0.05, 0) is 63.3 Å². The van der Waals surface area contributed by atoms with Crippen LogP contribution in [-0.2, 0) is 0 Å². The Balaban J connectivity index is 1.83. The molecule has 0 spiro atoms. The van der Waals surface area contributed by atoms with E-state index in [-0.39, 0.29) is 0 Å². The molecule has 1 N–H and O–H groups in total. The zero-order valence-electron chi connectivity index (χ0n) is 10.6. The first-order valence-corrected chi connectivity index (χ1v) is 8.40. The predicted molar refractivity (Wildman–Crippen MR) is 88.8 cm³/mol. The number of allylic oxidation sites excluding steroid dienone is 2. The molecule has 0 amide bonds. The third-order valence-corrected chi connectivity index (χ3v) is 5.77. The Labute approximate surface area is 124 Å². The summed E-state index contributed by atoms with van der Waals surface area (Å²) in [5, 5.41) is 10.6. The van der Waals surface area contributed by atoms with Gasteiger partial charge >= 0.3 is 0 Å². The molecule has 2 bridgehead atoms. The van der Waals surface area contributed by atoms with Crippen LogP contribution in [0.3, 0.4) is 0 Å². The number of thiophene rings is 2. The van der Waals surface area contributed by atoms with E-state index < -0.39 is 0 Å². The lowest BCUT2D eigenvalue weighted by Gasteiger charge is -2.22. The van der Waals surface area contributed by atoms with Crippen molar-refractivity contribution in [3.8, 4) is 0 Å². The van der Waals surface area contributed by atoms with Gasteiger partial charge in [0, 0.05) is 26.5 Å². The van der Waals surface area contributed by atoms with Gasteiger partial charge in [0.2, 0.25) is 0 Å². The molecule has 2 aromatic heterocycles. The molecule has 0 saturated heterocycles. The smallest absolute Gasteiger partial charge is 0.0433 e. The Hall–Kier alpha value is -1.84. The second-order valence-electron chi connectivity index (χ2n) is 5.22. The minimum absolute atomic E-state index is 0.379. The Morgan fingerprint density at radius 1 is 1.00 bits per heavy atom. The fraction of sp³-hybridized carbons (Fsp3) is 0.0588. The highest BCUT2D eigenvalue weighted by Crippen LogP contribution is 2.38. The van der Waals surface area contributed by atoms with Gasteiger partial charge in [-0.2, -0.15) is 0 Å². The summed E-state index contributed by atoms with van der Waals surface area (Å²) >= 11 is 3.64. The zero-order valence-corrected chi connectivity index (χ0v) is 12.2. The number of hydrogen-bond acceptors (Lipinski definition) is 3. The van der Waals surface area contributed by atoms with Crippen LogP contribution in [0.4, 0.5) is 5.69 Å². The van der Waals surface area contributed by atoms with E-state index in [2.05, 4.69) is 58.6 Å². The van der Waals surface area contributed by atoms with Gasteiger partial charge in [0.15, 0.2) is 0 Å². The maximum Gasteiger partial charge on any atom is 0.0433 e. The summed E-state index contributed by atoms with van der Waals surface area (Å²) in [6.45, 7) is 0. The van der Waals surface area contributed by atoms with Crippen molar-refractivity contribution in [2.75, 3.05) is 5.32 Å². The maximum atomic E-state index is 3.58. The lowest BCUT2D eigenvalue weighted by atomic mass is 9.93. The fourth-order valence-electron chi connectivity index (χ4n) is 3.03. The Bertz CT molecular complexity index is 988. The summed E-state index contributed by atoms with van der Waals surface area (Å²) in [4.78, 5) is 0. The summed E-state index contributed by atoms with van der Waals surface area (Å²) in [5.41, 5.74) is 3.85. The second-order valence-corrected chi connectivity index (χ2v) is 7.12. The van der Waals surface area contributed by atoms with Crippen LogP contribution in [0.2, 0.25) is 0 Å². The number of anilines is 1. The topological polar surface area (TPSA) is 12.0 Å². The highest BCUT2D eigenvalue weighted by Gasteiger charge is 2.20. The number of hydrogen-bond donors (Lipinski definition) is 1. The summed E-state index contributed by atoms with van der Waals surface area (Å²) in [6.07, 6.45) is 6.97. The van der Waals surface area contributed by atoms with Crippen molar-refractivity contribution in [1.82, 2.24) is 0 Å². The van der Waals surface area contributed by atoms with Gasteiger partial charge in [0.1, 0.15) is 0 Å². The molecule has 3 heteroatoms. The minimum atomic E-state index is 0.379. The standard InChI is InChI=1S/C17H11NS2/c1-3-19-16-8-12-6-13(5-10(1)16)18-15-7-11-2-4-20-17(11)9-14(12)15/h1-9,12,18H. The molecular weight excluding hydrogens is 282 g/mol. The fourth-order valence-corrected chi connectivity index (χ4v) is 4.70. The molecule has 96 valence electrons. The van der Waals surface area contributed by atoms with Gasteiger partial charge < -0.3 is 5.32 Å². The van der Waals surface area contributed by atoms with E-state index >= 15 is 0 Å². The van der Waals surface area contributed by atoms with Crippen molar-refractivity contribution < 1.29 is 0 Å². The van der Waals surface area contributed by atoms with Gasteiger partial charge in [0.05, 0.1) is 0 Å².